The molecule has 0 atom stereocenters. The van der Waals surface area contributed by atoms with Gasteiger partial charge in [0.2, 0.25) is 0 Å². The number of hydrogen-bond acceptors (Lipinski definition) is 5. The number of nitrogens with zero attached hydrogens (tertiary/aromatic N) is 2. The Bertz CT molecular complexity index is 1510. The number of thiophene rings is 1. The van der Waals surface area contributed by atoms with Crippen LogP contribution in [0, 0.1) is 13.8 Å². The van der Waals surface area contributed by atoms with Crippen LogP contribution in [0.15, 0.2) is 35.9 Å². The molecule has 2 N–H and O–H groups in total. The molecule has 0 spiro atoms. The molecule has 0 saturated carbocycles. The van der Waals surface area contributed by atoms with Crippen LogP contribution in [0.4, 0.5) is 5.69 Å². The van der Waals surface area contributed by atoms with E-state index in [1.807, 2.05) is 55.7 Å². The van der Waals surface area contributed by atoms with Crippen LogP contribution >= 0.6 is 23.6 Å². The Kier molecular flexibility index (Phi) is 6.59. The van der Waals surface area contributed by atoms with Crippen LogP contribution in [0.5, 0.6) is 0 Å². The Hall–Kier alpha value is -3.56. The monoisotopic (exact) mass is 533 g/mol. The maximum atomic E-state index is 13.6. The fourth-order valence-corrected chi connectivity index (χ4v) is 7.00. The van der Waals surface area contributed by atoms with E-state index in [2.05, 4.69) is 5.32 Å². The molecule has 0 unspecified atom stereocenters. The van der Waals surface area contributed by atoms with E-state index in [4.69, 9.17) is 12.2 Å². The van der Waals surface area contributed by atoms with E-state index in [-0.39, 0.29) is 10.7 Å². The Morgan fingerprint density at radius 2 is 1.92 bits per heavy atom. The lowest BCUT2D eigenvalue weighted by Crippen LogP contribution is -2.54. The van der Waals surface area contributed by atoms with Crippen molar-refractivity contribution >= 4 is 58.2 Å². The number of aromatic carboxylic acids is 1. The third-order valence-corrected chi connectivity index (χ3v) is 8.62. The van der Waals surface area contributed by atoms with Crippen LogP contribution in [0.1, 0.15) is 63.1 Å². The number of hydrogen-bond donors (Lipinski definition) is 2. The van der Waals surface area contributed by atoms with Crippen LogP contribution in [-0.2, 0) is 28.9 Å². The van der Waals surface area contributed by atoms with Gasteiger partial charge in [-0.15, -0.1) is 11.3 Å². The first-order chi connectivity index (χ1) is 17.7. The van der Waals surface area contributed by atoms with Gasteiger partial charge in [-0.1, -0.05) is 25.1 Å². The zero-order valence-electron chi connectivity index (χ0n) is 20.9. The summed E-state index contributed by atoms with van der Waals surface area (Å²) < 4.78 is 1.93. The molecule has 0 radical (unpaired) electrons. The molecule has 2 aliphatic rings. The summed E-state index contributed by atoms with van der Waals surface area (Å²) in [5.41, 5.74) is 5.13. The maximum absolute atomic E-state index is 13.6. The quantitative estimate of drug-likeness (QED) is 0.270. The summed E-state index contributed by atoms with van der Waals surface area (Å²) in [7, 11) is 0. The average Bonchev–Trinajstić information content (AvgIpc) is 3.37. The van der Waals surface area contributed by atoms with Gasteiger partial charge in [0.05, 0.1) is 11.3 Å². The zero-order valence-corrected chi connectivity index (χ0v) is 22.5. The molecule has 190 valence electrons. The van der Waals surface area contributed by atoms with Gasteiger partial charge in [0, 0.05) is 16.3 Å². The number of carboxylic acid groups (broad SMARTS) is 1. The largest absolute Gasteiger partial charge is 0.478 e. The van der Waals surface area contributed by atoms with Crippen molar-refractivity contribution in [2.75, 3.05) is 4.90 Å². The van der Waals surface area contributed by atoms with Crippen LogP contribution in [0.3, 0.4) is 0 Å². The highest BCUT2D eigenvalue weighted by Crippen LogP contribution is 2.39. The number of carboxylic acids is 1. The van der Waals surface area contributed by atoms with Crippen molar-refractivity contribution < 1.29 is 19.5 Å². The molecule has 37 heavy (non-hydrogen) atoms. The molecule has 1 aromatic carbocycles. The SMILES string of the molecule is CCc1ccccc1N1C(=O)/C(=C/c2cc(C)n(-c3sc4c(c3C(=O)O)CCCC4)c2C)C(=O)NC1=S. The number of amides is 2. The van der Waals surface area contributed by atoms with Gasteiger partial charge in [-0.25, -0.2) is 4.79 Å². The molecule has 2 aromatic heterocycles. The maximum Gasteiger partial charge on any atom is 0.339 e. The molecular weight excluding hydrogens is 506 g/mol. The summed E-state index contributed by atoms with van der Waals surface area (Å²) in [4.78, 5) is 41.3. The summed E-state index contributed by atoms with van der Waals surface area (Å²) in [6, 6.07) is 9.36. The van der Waals surface area contributed by atoms with Gasteiger partial charge >= 0.3 is 5.97 Å². The predicted octanol–water partition coefficient (Wildman–Crippen LogP) is 5.13. The van der Waals surface area contributed by atoms with E-state index < -0.39 is 17.8 Å². The lowest BCUT2D eigenvalue weighted by molar-refractivity contribution is -0.122. The highest BCUT2D eigenvalue weighted by atomic mass is 32.1. The van der Waals surface area contributed by atoms with Gasteiger partial charge in [-0.3, -0.25) is 19.8 Å². The van der Waals surface area contributed by atoms with E-state index in [0.29, 0.717) is 28.2 Å². The van der Waals surface area contributed by atoms with Crippen LogP contribution in [0.25, 0.3) is 11.1 Å². The van der Waals surface area contributed by atoms with Gasteiger partial charge in [0.15, 0.2) is 5.11 Å². The van der Waals surface area contributed by atoms with Crippen LogP contribution in [0.2, 0.25) is 0 Å². The van der Waals surface area contributed by atoms with Crippen LogP contribution < -0.4 is 10.2 Å². The van der Waals surface area contributed by atoms with Crippen molar-refractivity contribution in [3.63, 3.8) is 0 Å². The van der Waals surface area contributed by atoms with Crippen molar-refractivity contribution in [2.45, 2.75) is 52.9 Å². The van der Waals surface area contributed by atoms with Gasteiger partial charge in [0.25, 0.3) is 11.8 Å². The Morgan fingerprint density at radius 3 is 2.65 bits per heavy atom. The third-order valence-electron chi connectivity index (χ3n) is 7.05. The number of aromatic nitrogens is 1. The molecule has 1 fully saturated rings. The standard InChI is InChI=1S/C28H27N3O4S2/c1-4-17-9-5-7-11-21(17)31-25(33)20(24(32)29-28(31)36)14-18-13-15(2)30(16(18)3)26-23(27(34)35)19-10-6-8-12-22(19)37-26/h5,7,9,11,13-14H,4,6,8,10,12H2,1-3H3,(H,34,35)(H,29,32,36)/b20-14+. The normalized spacial score (nSPS) is 16.8. The molecule has 3 heterocycles. The first-order valence-electron chi connectivity index (χ1n) is 12.3. The van der Waals surface area contributed by atoms with Gasteiger partial charge < -0.3 is 9.67 Å². The Balaban J connectivity index is 1.60. The molecule has 1 saturated heterocycles. The topological polar surface area (TPSA) is 91.6 Å². The predicted molar refractivity (Wildman–Crippen MR) is 149 cm³/mol. The van der Waals surface area contributed by atoms with E-state index in [0.717, 1.165) is 53.1 Å². The Morgan fingerprint density at radius 1 is 1.19 bits per heavy atom. The van der Waals surface area contributed by atoms with Crippen molar-refractivity contribution in [1.29, 1.82) is 0 Å². The lowest BCUT2D eigenvalue weighted by Gasteiger charge is -2.30. The number of rotatable bonds is 5. The van der Waals surface area contributed by atoms with E-state index in [1.54, 1.807) is 6.08 Å². The number of carbonyl (C=O) groups is 3. The average molecular weight is 534 g/mol. The zero-order chi connectivity index (χ0) is 26.4. The highest BCUT2D eigenvalue weighted by molar-refractivity contribution is 7.80. The van der Waals surface area contributed by atoms with Crippen molar-refractivity contribution in [3.8, 4) is 5.00 Å². The number of para-hydroxylation sites is 1. The van der Waals surface area contributed by atoms with Gasteiger partial charge in [0.1, 0.15) is 10.6 Å². The number of nitrogens with one attached hydrogen (secondary N) is 1. The number of aryl methyl sites for hydroxylation is 3. The smallest absolute Gasteiger partial charge is 0.339 e. The fourth-order valence-electron chi connectivity index (χ4n) is 5.24. The first kappa shape index (κ1) is 25.1. The molecule has 0 bridgehead atoms. The van der Waals surface area contributed by atoms with Crippen molar-refractivity contribution in [2.24, 2.45) is 0 Å². The Labute approximate surface area is 224 Å². The number of carbonyl (C=O) groups excluding carboxylic acids is 2. The summed E-state index contributed by atoms with van der Waals surface area (Å²) in [6.07, 6.45) is 5.99. The number of thiocarbonyl (C=S) groups is 1. The van der Waals surface area contributed by atoms with Gasteiger partial charge in [-0.2, -0.15) is 0 Å². The second kappa shape index (κ2) is 9.72. The molecular formula is C28H27N3O4S2. The van der Waals surface area contributed by atoms with Gasteiger partial charge in [-0.05, 0) is 93.1 Å². The summed E-state index contributed by atoms with van der Waals surface area (Å²) in [6.45, 7) is 5.78. The third kappa shape index (κ3) is 4.22. The molecule has 2 amide bonds. The molecule has 7 nitrogen and oxygen atoms in total. The van der Waals surface area contributed by atoms with E-state index in [9.17, 15) is 19.5 Å². The molecule has 3 aromatic rings. The van der Waals surface area contributed by atoms with E-state index in [1.165, 1.54) is 16.2 Å². The summed E-state index contributed by atoms with van der Waals surface area (Å²) >= 11 is 6.90. The minimum Gasteiger partial charge on any atom is -0.478 e. The number of benzene rings is 1. The number of fused-ring (bicyclic) bond motifs is 1. The van der Waals surface area contributed by atoms with Crippen molar-refractivity contribution in [1.82, 2.24) is 9.88 Å². The molecule has 1 aliphatic heterocycles. The minimum absolute atomic E-state index is 0.0244. The summed E-state index contributed by atoms with van der Waals surface area (Å²) in [5.74, 6) is -1.97. The summed E-state index contributed by atoms with van der Waals surface area (Å²) in [5, 5.41) is 13.4. The lowest BCUT2D eigenvalue weighted by atomic mass is 9.95. The molecule has 1 aliphatic carbocycles. The minimum atomic E-state index is -0.928. The second-order valence-electron chi connectivity index (χ2n) is 9.30. The first-order valence-corrected chi connectivity index (χ1v) is 13.5. The highest BCUT2D eigenvalue weighted by Gasteiger charge is 2.36. The fraction of sp³-hybridized carbons (Fsp3) is 0.286. The molecule has 9 heteroatoms. The van der Waals surface area contributed by atoms with E-state index >= 15 is 0 Å². The van der Waals surface area contributed by atoms with Crippen molar-refractivity contribution in [3.05, 3.63) is 74.4 Å². The molecule has 5 rings (SSSR count). The van der Waals surface area contributed by atoms with Crippen LogP contribution in [-0.4, -0.2) is 32.6 Å². The second-order valence-corrected chi connectivity index (χ2v) is 10.8. The number of anilines is 1.